The van der Waals surface area contributed by atoms with E-state index < -0.39 is 0 Å². The van der Waals surface area contributed by atoms with Gasteiger partial charge in [0.25, 0.3) is 0 Å². The molecule has 3 heteroatoms. The van der Waals surface area contributed by atoms with Crippen molar-refractivity contribution in [3.63, 3.8) is 0 Å². The molecule has 0 aromatic heterocycles. The molecule has 0 N–H and O–H groups in total. The summed E-state index contributed by atoms with van der Waals surface area (Å²) in [6.07, 6.45) is 2.02. The van der Waals surface area contributed by atoms with Gasteiger partial charge in [-0.05, 0) is 18.4 Å². The zero-order chi connectivity index (χ0) is 11.3. The number of thioether (sulfide) groups is 1. The van der Waals surface area contributed by atoms with Gasteiger partial charge in [0.1, 0.15) is 0 Å². The molecule has 15 heavy (non-hydrogen) atoms. The van der Waals surface area contributed by atoms with Crippen molar-refractivity contribution >= 4 is 18.0 Å². The number of rotatable bonds is 3. The SMILES string of the molecule is CN=C/C(=C(\C)N1CCSCC1)C(C)C. The van der Waals surface area contributed by atoms with Crippen LogP contribution in [0, 0.1) is 5.92 Å². The second-order valence-corrected chi connectivity index (χ2v) is 5.41. The van der Waals surface area contributed by atoms with Crippen LogP contribution in [0.25, 0.3) is 0 Å². The van der Waals surface area contributed by atoms with Gasteiger partial charge in [-0.15, -0.1) is 0 Å². The molecule has 2 nitrogen and oxygen atoms in total. The number of nitrogens with zero attached hydrogens (tertiary/aromatic N) is 2. The molecule has 1 fully saturated rings. The highest BCUT2D eigenvalue weighted by Crippen LogP contribution is 2.20. The molecule has 0 saturated carbocycles. The molecule has 1 saturated heterocycles. The molecule has 0 aromatic rings. The quantitative estimate of drug-likeness (QED) is 0.688. The second kappa shape index (κ2) is 6.21. The molecular formula is C12H22N2S. The molecule has 1 rings (SSSR count). The van der Waals surface area contributed by atoms with Crippen LogP contribution in [0.5, 0.6) is 0 Å². The minimum Gasteiger partial charge on any atom is -0.373 e. The van der Waals surface area contributed by atoms with Crippen molar-refractivity contribution in [1.82, 2.24) is 4.90 Å². The molecule has 86 valence electrons. The number of allylic oxidation sites excluding steroid dienone is 2. The monoisotopic (exact) mass is 226 g/mol. The molecule has 0 atom stereocenters. The third kappa shape index (κ3) is 3.56. The average molecular weight is 226 g/mol. The van der Waals surface area contributed by atoms with Gasteiger partial charge in [-0.1, -0.05) is 13.8 Å². The van der Waals surface area contributed by atoms with Gasteiger partial charge in [0, 0.05) is 43.6 Å². The predicted molar refractivity (Wildman–Crippen MR) is 70.9 cm³/mol. The molecule has 0 aromatic carbocycles. The first-order valence-corrected chi connectivity index (χ1v) is 6.78. The first kappa shape index (κ1) is 12.6. The Kier molecular flexibility index (Phi) is 5.23. The van der Waals surface area contributed by atoms with E-state index in [1.807, 2.05) is 13.3 Å². The summed E-state index contributed by atoms with van der Waals surface area (Å²) < 4.78 is 0. The molecule has 0 unspecified atom stereocenters. The highest BCUT2D eigenvalue weighted by Gasteiger charge is 2.14. The standard InChI is InChI=1S/C12H22N2S/c1-10(2)12(9-13-4)11(3)14-5-7-15-8-6-14/h9-10H,5-8H2,1-4H3/b12-11-,13-9?. The van der Waals surface area contributed by atoms with Crippen LogP contribution in [0.2, 0.25) is 0 Å². The molecule has 0 aliphatic carbocycles. The summed E-state index contributed by atoms with van der Waals surface area (Å²) in [5.41, 5.74) is 2.79. The van der Waals surface area contributed by atoms with Crippen LogP contribution >= 0.6 is 11.8 Å². The fourth-order valence-electron chi connectivity index (χ4n) is 1.88. The maximum Gasteiger partial charge on any atom is 0.0277 e. The van der Waals surface area contributed by atoms with Crippen molar-refractivity contribution in [1.29, 1.82) is 0 Å². The summed E-state index contributed by atoms with van der Waals surface area (Å²) >= 11 is 2.05. The smallest absolute Gasteiger partial charge is 0.0277 e. The van der Waals surface area contributed by atoms with E-state index in [9.17, 15) is 0 Å². The second-order valence-electron chi connectivity index (χ2n) is 4.18. The lowest BCUT2D eigenvalue weighted by Crippen LogP contribution is -2.32. The topological polar surface area (TPSA) is 15.6 Å². The number of hydrogen-bond donors (Lipinski definition) is 0. The van der Waals surface area contributed by atoms with Gasteiger partial charge < -0.3 is 4.90 Å². The largest absolute Gasteiger partial charge is 0.373 e. The van der Waals surface area contributed by atoms with Crippen LogP contribution in [0.3, 0.4) is 0 Å². The lowest BCUT2D eigenvalue weighted by molar-refractivity contribution is 0.376. The molecule has 0 radical (unpaired) electrons. The Bertz CT molecular complexity index is 250. The van der Waals surface area contributed by atoms with Gasteiger partial charge in [-0.3, -0.25) is 4.99 Å². The highest BCUT2D eigenvalue weighted by molar-refractivity contribution is 7.99. The molecular weight excluding hydrogens is 204 g/mol. The molecule has 1 aliphatic rings. The Morgan fingerprint density at radius 3 is 2.40 bits per heavy atom. The van der Waals surface area contributed by atoms with Crippen molar-refractivity contribution in [3.05, 3.63) is 11.3 Å². The van der Waals surface area contributed by atoms with Gasteiger partial charge in [0.05, 0.1) is 0 Å². The van der Waals surface area contributed by atoms with Crippen LogP contribution in [-0.2, 0) is 0 Å². The lowest BCUT2D eigenvalue weighted by atomic mass is 10.0. The Labute approximate surface area is 97.8 Å². The Morgan fingerprint density at radius 2 is 1.93 bits per heavy atom. The van der Waals surface area contributed by atoms with E-state index >= 15 is 0 Å². The van der Waals surface area contributed by atoms with Crippen molar-refractivity contribution in [3.8, 4) is 0 Å². The lowest BCUT2D eigenvalue weighted by Gasteiger charge is -2.31. The van der Waals surface area contributed by atoms with Crippen molar-refractivity contribution in [2.24, 2.45) is 10.9 Å². The Balaban J connectivity index is 2.82. The minimum absolute atomic E-state index is 0.559. The molecule has 0 spiro atoms. The van der Waals surface area contributed by atoms with Crippen LogP contribution in [0.4, 0.5) is 0 Å². The van der Waals surface area contributed by atoms with Crippen molar-refractivity contribution in [2.75, 3.05) is 31.6 Å². The normalized spacial score (nSPS) is 19.9. The summed E-state index contributed by atoms with van der Waals surface area (Å²) in [5, 5.41) is 0. The predicted octanol–water partition coefficient (Wildman–Crippen LogP) is 2.67. The van der Waals surface area contributed by atoms with Crippen LogP contribution in [0.1, 0.15) is 20.8 Å². The summed E-state index contributed by atoms with van der Waals surface area (Å²) in [6, 6.07) is 0. The van der Waals surface area contributed by atoms with Gasteiger partial charge >= 0.3 is 0 Å². The highest BCUT2D eigenvalue weighted by atomic mass is 32.2. The van der Waals surface area contributed by atoms with Crippen LogP contribution in [0.15, 0.2) is 16.3 Å². The first-order valence-electron chi connectivity index (χ1n) is 5.62. The van der Waals surface area contributed by atoms with Crippen molar-refractivity contribution < 1.29 is 0 Å². The van der Waals surface area contributed by atoms with Gasteiger partial charge in [-0.2, -0.15) is 11.8 Å². The van der Waals surface area contributed by atoms with Gasteiger partial charge in [0.15, 0.2) is 0 Å². The van der Waals surface area contributed by atoms with E-state index in [4.69, 9.17) is 0 Å². The fraction of sp³-hybridized carbons (Fsp3) is 0.750. The van der Waals surface area contributed by atoms with Gasteiger partial charge in [-0.25, -0.2) is 0 Å². The zero-order valence-electron chi connectivity index (χ0n) is 10.3. The van der Waals surface area contributed by atoms with E-state index in [-0.39, 0.29) is 0 Å². The summed E-state index contributed by atoms with van der Waals surface area (Å²) in [6.45, 7) is 9.07. The van der Waals surface area contributed by atoms with E-state index in [0.29, 0.717) is 5.92 Å². The Morgan fingerprint density at radius 1 is 1.33 bits per heavy atom. The average Bonchev–Trinajstić information content (AvgIpc) is 2.26. The summed E-state index contributed by atoms with van der Waals surface area (Å²) in [7, 11) is 1.85. The van der Waals surface area contributed by atoms with E-state index in [2.05, 4.69) is 42.4 Å². The first-order chi connectivity index (χ1) is 7.16. The molecule has 1 heterocycles. The zero-order valence-corrected chi connectivity index (χ0v) is 11.1. The third-order valence-corrected chi connectivity index (χ3v) is 3.74. The summed E-state index contributed by atoms with van der Waals surface area (Å²) in [4.78, 5) is 6.65. The third-order valence-electron chi connectivity index (χ3n) is 2.79. The Hall–Kier alpha value is -0.440. The summed E-state index contributed by atoms with van der Waals surface area (Å²) in [5.74, 6) is 3.07. The van der Waals surface area contributed by atoms with Gasteiger partial charge in [0.2, 0.25) is 0 Å². The van der Waals surface area contributed by atoms with E-state index in [1.165, 1.54) is 35.9 Å². The molecule has 0 bridgehead atoms. The number of aliphatic imine (C=N–C) groups is 1. The minimum atomic E-state index is 0.559. The molecule has 0 amide bonds. The number of hydrogen-bond acceptors (Lipinski definition) is 3. The van der Waals surface area contributed by atoms with Crippen molar-refractivity contribution in [2.45, 2.75) is 20.8 Å². The van der Waals surface area contributed by atoms with E-state index in [1.54, 1.807) is 0 Å². The maximum atomic E-state index is 4.16. The van der Waals surface area contributed by atoms with Crippen LogP contribution in [-0.4, -0.2) is 42.8 Å². The fourth-order valence-corrected chi connectivity index (χ4v) is 2.78. The van der Waals surface area contributed by atoms with E-state index in [0.717, 1.165) is 0 Å². The van der Waals surface area contributed by atoms with Crippen LogP contribution < -0.4 is 0 Å². The maximum absolute atomic E-state index is 4.16. The molecule has 1 aliphatic heterocycles.